The number of piperazine rings is 1. The normalized spacial score (nSPS) is 15.4. The number of aromatic nitrogens is 2. The maximum Gasteiger partial charge on any atom is 0.272 e. The molecular formula is C16H17Cl2N5O. The van der Waals surface area contributed by atoms with Crippen molar-refractivity contribution in [3.8, 4) is 0 Å². The van der Waals surface area contributed by atoms with E-state index in [0.717, 1.165) is 13.1 Å². The molecule has 0 radical (unpaired) electrons. The van der Waals surface area contributed by atoms with Crippen molar-refractivity contribution in [2.24, 2.45) is 0 Å². The molecule has 0 spiro atoms. The van der Waals surface area contributed by atoms with Gasteiger partial charge in [0, 0.05) is 37.4 Å². The summed E-state index contributed by atoms with van der Waals surface area (Å²) in [6.07, 6.45) is 1.55. The summed E-state index contributed by atoms with van der Waals surface area (Å²) in [5, 5.41) is 4.05. The van der Waals surface area contributed by atoms with Crippen LogP contribution in [0.2, 0.25) is 10.0 Å². The molecule has 0 unspecified atom stereocenters. The lowest BCUT2D eigenvalue weighted by atomic mass is 10.3. The van der Waals surface area contributed by atoms with Crippen molar-refractivity contribution in [3.63, 3.8) is 0 Å². The lowest BCUT2D eigenvalue weighted by Crippen LogP contribution is -2.47. The van der Waals surface area contributed by atoms with Gasteiger partial charge in [-0.3, -0.25) is 4.79 Å². The predicted octanol–water partition coefficient (Wildman–Crippen LogP) is 2.91. The summed E-state index contributed by atoms with van der Waals surface area (Å²) in [6.45, 7) is 3.12. The Morgan fingerprint density at radius 1 is 1.17 bits per heavy atom. The molecule has 1 aliphatic rings. The van der Waals surface area contributed by atoms with Gasteiger partial charge in [0.1, 0.15) is 5.69 Å². The van der Waals surface area contributed by atoms with Crippen LogP contribution in [0.15, 0.2) is 30.5 Å². The van der Waals surface area contributed by atoms with E-state index in [-0.39, 0.29) is 5.91 Å². The second kappa shape index (κ2) is 7.34. The molecule has 3 rings (SSSR count). The summed E-state index contributed by atoms with van der Waals surface area (Å²) >= 11 is 12.1. The Morgan fingerprint density at radius 2 is 1.92 bits per heavy atom. The minimum atomic E-state index is -0.0919. The third-order valence-corrected chi connectivity index (χ3v) is 4.40. The van der Waals surface area contributed by atoms with Crippen molar-refractivity contribution in [2.75, 3.05) is 38.5 Å². The number of halogens is 2. The zero-order valence-electron chi connectivity index (χ0n) is 13.2. The highest BCUT2D eigenvalue weighted by Crippen LogP contribution is 2.27. The molecule has 6 nitrogen and oxygen atoms in total. The number of amides is 1. The summed E-state index contributed by atoms with van der Waals surface area (Å²) in [7, 11) is 2.04. The largest absolute Gasteiger partial charge is 0.335 e. The first-order valence-corrected chi connectivity index (χ1v) is 8.31. The Kier molecular flexibility index (Phi) is 5.18. The molecule has 0 saturated carbocycles. The van der Waals surface area contributed by atoms with E-state index in [1.807, 2.05) is 7.05 Å². The first-order chi connectivity index (χ1) is 11.5. The molecule has 1 saturated heterocycles. The quantitative estimate of drug-likeness (QED) is 0.905. The van der Waals surface area contributed by atoms with Crippen LogP contribution in [0.1, 0.15) is 10.5 Å². The Morgan fingerprint density at radius 3 is 2.67 bits per heavy atom. The van der Waals surface area contributed by atoms with Crippen molar-refractivity contribution in [1.82, 2.24) is 19.8 Å². The SMILES string of the molecule is CN1CCN(C(=O)c2ccnc(Nc3cc(Cl)ccc3Cl)n2)CC1. The lowest BCUT2D eigenvalue weighted by Gasteiger charge is -2.32. The third-order valence-electron chi connectivity index (χ3n) is 3.84. The van der Waals surface area contributed by atoms with E-state index < -0.39 is 0 Å². The number of likely N-dealkylation sites (N-methyl/N-ethyl adjacent to an activating group) is 1. The Labute approximate surface area is 150 Å². The molecule has 1 aromatic carbocycles. The molecule has 126 valence electrons. The van der Waals surface area contributed by atoms with Gasteiger partial charge in [0.05, 0.1) is 10.7 Å². The van der Waals surface area contributed by atoms with Crippen molar-refractivity contribution in [3.05, 3.63) is 46.2 Å². The fourth-order valence-electron chi connectivity index (χ4n) is 2.42. The van der Waals surface area contributed by atoms with Crippen LogP contribution in [-0.2, 0) is 0 Å². The van der Waals surface area contributed by atoms with E-state index in [2.05, 4.69) is 20.2 Å². The van der Waals surface area contributed by atoms with Gasteiger partial charge < -0.3 is 15.1 Å². The number of hydrogen-bond donors (Lipinski definition) is 1. The number of nitrogens with zero attached hydrogens (tertiary/aromatic N) is 4. The highest BCUT2D eigenvalue weighted by Gasteiger charge is 2.21. The van der Waals surface area contributed by atoms with Crippen molar-refractivity contribution >= 4 is 40.7 Å². The van der Waals surface area contributed by atoms with Crippen molar-refractivity contribution in [1.29, 1.82) is 0 Å². The van der Waals surface area contributed by atoms with Crippen LogP contribution in [0.3, 0.4) is 0 Å². The number of nitrogens with one attached hydrogen (secondary N) is 1. The van der Waals surface area contributed by atoms with Crippen LogP contribution in [0.5, 0.6) is 0 Å². The average Bonchev–Trinajstić information content (AvgIpc) is 2.58. The molecule has 2 heterocycles. The van der Waals surface area contributed by atoms with Crippen LogP contribution in [0.4, 0.5) is 11.6 Å². The van der Waals surface area contributed by atoms with Crippen LogP contribution in [0, 0.1) is 0 Å². The van der Waals surface area contributed by atoms with Crippen molar-refractivity contribution in [2.45, 2.75) is 0 Å². The summed E-state index contributed by atoms with van der Waals surface area (Å²) in [5.74, 6) is 0.213. The van der Waals surface area contributed by atoms with Gasteiger partial charge in [0.2, 0.25) is 5.95 Å². The number of carbonyl (C=O) groups is 1. The lowest BCUT2D eigenvalue weighted by molar-refractivity contribution is 0.0658. The number of benzene rings is 1. The molecule has 0 atom stereocenters. The fourth-order valence-corrected chi connectivity index (χ4v) is 2.76. The van der Waals surface area contributed by atoms with Crippen LogP contribution in [-0.4, -0.2) is 58.9 Å². The second-order valence-electron chi connectivity index (χ2n) is 5.61. The monoisotopic (exact) mass is 365 g/mol. The Hall–Kier alpha value is -1.89. The maximum absolute atomic E-state index is 12.6. The van der Waals surface area contributed by atoms with E-state index in [1.165, 1.54) is 0 Å². The molecule has 2 aromatic rings. The van der Waals surface area contributed by atoms with Gasteiger partial charge in [0.25, 0.3) is 5.91 Å². The van der Waals surface area contributed by atoms with Crippen LogP contribution < -0.4 is 5.32 Å². The van der Waals surface area contributed by atoms with E-state index in [0.29, 0.717) is 40.5 Å². The summed E-state index contributed by atoms with van der Waals surface area (Å²) in [6, 6.07) is 6.68. The number of carbonyl (C=O) groups excluding carboxylic acids is 1. The molecule has 24 heavy (non-hydrogen) atoms. The molecule has 0 bridgehead atoms. The first-order valence-electron chi connectivity index (χ1n) is 7.56. The fraction of sp³-hybridized carbons (Fsp3) is 0.312. The number of rotatable bonds is 3. The highest BCUT2D eigenvalue weighted by atomic mass is 35.5. The van der Waals surface area contributed by atoms with Crippen molar-refractivity contribution < 1.29 is 4.79 Å². The van der Waals surface area contributed by atoms with Gasteiger partial charge in [-0.15, -0.1) is 0 Å². The molecule has 8 heteroatoms. The zero-order valence-corrected chi connectivity index (χ0v) is 14.7. The highest BCUT2D eigenvalue weighted by molar-refractivity contribution is 6.35. The standard InChI is InChI=1S/C16H17Cl2N5O/c1-22-6-8-23(9-7-22)15(24)13-4-5-19-16(20-13)21-14-10-11(17)2-3-12(14)18/h2-5,10H,6-9H2,1H3,(H,19,20,21). The maximum atomic E-state index is 12.6. The second-order valence-corrected chi connectivity index (χ2v) is 6.45. The molecule has 1 amide bonds. The summed E-state index contributed by atoms with van der Waals surface area (Å²) < 4.78 is 0. The average molecular weight is 366 g/mol. The number of hydrogen-bond acceptors (Lipinski definition) is 5. The van der Waals surface area contributed by atoms with Gasteiger partial charge in [-0.05, 0) is 31.3 Å². The molecule has 1 aliphatic heterocycles. The Bertz CT molecular complexity index is 747. The number of anilines is 2. The van der Waals surface area contributed by atoms with Gasteiger partial charge in [-0.1, -0.05) is 23.2 Å². The van der Waals surface area contributed by atoms with E-state index in [9.17, 15) is 4.79 Å². The van der Waals surface area contributed by atoms with Crippen LogP contribution in [0.25, 0.3) is 0 Å². The topological polar surface area (TPSA) is 61.4 Å². The first kappa shape index (κ1) is 17.0. The van der Waals surface area contributed by atoms with Gasteiger partial charge in [0.15, 0.2) is 0 Å². The predicted molar refractivity (Wildman–Crippen MR) is 95.2 cm³/mol. The van der Waals surface area contributed by atoms with Gasteiger partial charge in [-0.2, -0.15) is 0 Å². The minimum absolute atomic E-state index is 0.0919. The molecule has 1 N–H and O–H groups in total. The smallest absolute Gasteiger partial charge is 0.272 e. The molecule has 0 aliphatic carbocycles. The zero-order chi connectivity index (χ0) is 17.1. The van der Waals surface area contributed by atoms with Gasteiger partial charge >= 0.3 is 0 Å². The molecule has 1 fully saturated rings. The molecule has 1 aromatic heterocycles. The van der Waals surface area contributed by atoms with E-state index in [1.54, 1.807) is 35.4 Å². The van der Waals surface area contributed by atoms with Crippen LogP contribution >= 0.6 is 23.2 Å². The van der Waals surface area contributed by atoms with E-state index >= 15 is 0 Å². The minimum Gasteiger partial charge on any atom is -0.335 e. The van der Waals surface area contributed by atoms with E-state index in [4.69, 9.17) is 23.2 Å². The third kappa shape index (κ3) is 3.95. The molecular weight excluding hydrogens is 349 g/mol. The summed E-state index contributed by atoms with van der Waals surface area (Å²) in [5.41, 5.74) is 0.948. The summed E-state index contributed by atoms with van der Waals surface area (Å²) in [4.78, 5) is 25.0. The Balaban J connectivity index is 1.76. The van der Waals surface area contributed by atoms with Gasteiger partial charge in [-0.25, -0.2) is 9.97 Å².